The smallest absolute Gasteiger partial charge is 0.134 e. The van der Waals surface area contributed by atoms with E-state index >= 15 is 0 Å². The summed E-state index contributed by atoms with van der Waals surface area (Å²) in [6, 6.07) is 2.57. The van der Waals surface area contributed by atoms with E-state index in [1.807, 2.05) is 6.07 Å². The van der Waals surface area contributed by atoms with E-state index in [0.717, 1.165) is 12.3 Å². The molecule has 0 bridgehead atoms. The minimum Gasteiger partial charge on any atom is -0.496 e. The predicted molar refractivity (Wildman–Crippen MR) is 64.5 cm³/mol. The SMILES string of the molecule is COc1ccsc1CNC1C=CCCC1. The molecule has 1 N–H and O–H groups in total. The third-order valence-corrected chi connectivity index (χ3v) is 3.61. The third-order valence-electron chi connectivity index (χ3n) is 2.70. The molecule has 1 aliphatic carbocycles. The largest absolute Gasteiger partial charge is 0.496 e. The molecule has 1 aromatic rings. The highest BCUT2D eigenvalue weighted by Crippen LogP contribution is 2.24. The van der Waals surface area contributed by atoms with Crippen LogP contribution in [0.3, 0.4) is 0 Å². The summed E-state index contributed by atoms with van der Waals surface area (Å²) in [7, 11) is 1.73. The van der Waals surface area contributed by atoms with Gasteiger partial charge in [-0.1, -0.05) is 12.2 Å². The fourth-order valence-electron chi connectivity index (χ4n) is 1.85. The van der Waals surface area contributed by atoms with E-state index in [-0.39, 0.29) is 0 Å². The second-order valence-corrected chi connectivity index (χ2v) is 4.76. The zero-order chi connectivity index (χ0) is 10.5. The van der Waals surface area contributed by atoms with Gasteiger partial charge in [-0.05, 0) is 30.7 Å². The van der Waals surface area contributed by atoms with Crippen LogP contribution in [0.4, 0.5) is 0 Å². The summed E-state index contributed by atoms with van der Waals surface area (Å²) >= 11 is 1.75. The van der Waals surface area contributed by atoms with Crippen LogP contribution in [-0.2, 0) is 6.54 Å². The highest BCUT2D eigenvalue weighted by Gasteiger charge is 2.09. The van der Waals surface area contributed by atoms with Gasteiger partial charge in [-0.2, -0.15) is 0 Å². The van der Waals surface area contributed by atoms with Gasteiger partial charge in [0, 0.05) is 12.6 Å². The summed E-state index contributed by atoms with van der Waals surface area (Å²) in [5.41, 5.74) is 0. The van der Waals surface area contributed by atoms with Gasteiger partial charge in [0.25, 0.3) is 0 Å². The summed E-state index contributed by atoms with van der Waals surface area (Å²) in [6.07, 6.45) is 8.34. The molecule has 0 aromatic carbocycles. The van der Waals surface area contributed by atoms with Crippen molar-refractivity contribution < 1.29 is 4.74 Å². The van der Waals surface area contributed by atoms with Gasteiger partial charge < -0.3 is 10.1 Å². The Kier molecular flexibility index (Phi) is 3.80. The molecule has 1 aliphatic rings. The van der Waals surface area contributed by atoms with Gasteiger partial charge in [0.15, 0.2) is 0 Å². The minimum atomic E-state index is 0.547. The first-order valence-corrected chi connectivity index (χ1v) is 6.28. The van der Waals surface area contributed by atoms with Crippen molar-refractivity contribution in [3.05, 3.63) is 28.5 Å². The molecule has 1 atom stereocenters. The second kappa shape index (κ2) is 5.33. The molecule has 0 radical (unpaired) electrons. The van der Waals surface area contributed by atoms with E-state index in [9.17, 15) is 0 Å². The Balaban J connectivity index is 1.87. The number of rotatable bonds is 4. The maximum Gasteiger partial charge on any atom is 0.134 e. The van der Waals surface area contributed by atoms with Crippen LogP contribution in [-0.4, -0.2) is 13.2 Å². The number of hydrogen-bond acceptors (Lipinski definition) is 3. The average Bonchev–Trinajstić information content (AvgIpc) is 2.75. The lowest BCUT2D eigenvalue weighted by molar-refractivity contribution is 0.408. The van der Waals surface area contributed by atoms with Crippen molar-refractivity contribution in [1.29, 1.82) is 0 Å². The van der Waals surface area contributed by atoms with Gasteiger partial charge in [-0.3, -0.25) is 0 Å². The zero-order valence-electron chi connectivity index (χ0n) is 9.03. The fraction of sp³-hybridized carbons (Fsp3) is 0.500. The van der Waals surface area contributed by atoms with Gasteiger partial charge in [-0.25, -0.2) is 0 Å². The van der Waals surface area contributed by atoms with Gasteiger partial charge in [0.1, 0.15) is 5.75 Å². The molecular formula is C12H17NOS. The number of ether oxygens (including phenoxy) is 1. The predicted octanol–water partition coefficient (Wildman–Crippen LogP) is 2.96. The number of methoxy groups -OCH3 is 1. The van der Waals surface area contributed by atoms with Crippen molar-refractivity contribution in [3.63, 3.8) is 0 Å². The molecule has 0 amide bonds. The lowest BCUT2D eigenvalue weighted by atomic mass is 10.0. The Morgan fingerprint density at radius 3 is 3.27 bits per heavy atom. The first-order chi connectivity index (χ1) is 7.40. The van der Waals surface area contributed by atoms with Crippen LogP contribution < -0.4 is 10.1 Å². The van der Waals surface area contributed by atoms with Crippen LogP contribution >= 0.6 is 11.3 Å². The molecule has 0 fully saturated rings. The van der Waals surface area contributed by atoms with Gasteiger partial charge in [-0.15, -0.1) is 11.3 Å². The van der Waals surface area contributed by atoms with Crippen LogP contribution in [0, 0.1) is 0 Å². The number of allylic oxidation sites excluding steroid dienone is 1. The highest BCUT2D eigenvalue weighted by molar-refractivity contribution is 7.10. The van der Waals surface area contributed by atoms with Crippen molar-refractivity contribution >= 4 is 11.3 Å². The number of hydrogen-bond donors (Lipinski definition) is 1. The van der Waals surface area contributed by atoms with Crippen molar-refractivity contribution in [3.8, 4) is 5.75 Å². The van der Waals surface area contributed by atoms with E-state index in [1.165, 1.54) is 24.1 Å². The Labute approximate surface area is 95.0 Å². The molecule has 15 heavy (non-hydrogen) atoms. The minimum absolute atomic E-state index is 0.547. The third kappa shape index (κ3) is 2.83. The molecule has 1 unspecified atom stereocenters. The molecule has 0 saturated carbocycles. The first kappa shape index (κ1) is 10.7. The van der Waals surface area contributed by atoms with E-state index in [2.05, 4.69) is 22.8 Å². The maximum absolute atomic E-state index is 5.28. The second-order valence-electron chi connectivity index (χ2n) is 3.76. The zero-order valence-corrected chi connectivity index (χ0v) is 9.85. The standard InChI is InChI=1S/C12H17NOS/c1-14-11-7-8-15-12(11)9-13-10-5-3-2-4-6-10/h3,5,7-8,10,13H,2,4,6,9H2,1H3. The molecule has 2 rings (SSSR count). The summed E-state index contributed by atoms with van der Waals surface area (Å²) < 4.78 is 5.28. The summed E-state index contributed by atoms with van der Waals surface area (Å²) in [5.74, 6) is 1.01. The van der Waals surface area contributed by atoms with Gasteiger partial charge in [0.2, 0.25) is 0 Å². The Bertz CT molecular complexity index is 332. The summed E-state index contributed by atoms with van der Waals surface area (Å²) in [4.78, 5) is 1.29. The molecule has 0 spiro atoms. The molecule has 82 valence electrons. The van der Waals surface area contributed by atoms with Crippen molar-refractivity contribution in [2.24, 2.45) is 0 Å². The molecule has 1 aromatic heterocycles. The topological polar surface area (TPSA) is 21.3 Å². The maximum atomic E-state index is 5.28. The monoisotopic (exact) mass is 223 g/mol. The van der Waals surface area contributed by atoms with Gasteiger partial charge in [0.05, 0.1) is 12.0 Å². The van der Waals surface area contributed by atoms with Crippen LogP contribution in [0.1, 0.15) is 24.1 Å². The fourth-order valence-corrected chi connectivity index (χ4v) is 2.64. The van der Waals surface area contributed by atoms with Gasteiger partial charge >= 0.3 is 0 Å². The summed E-state index contributed by atoms with van der Waals surface area (Å²) in [6.45, 7) is 0.913. The molecule has 1 heterocycles. The Morgan fingerprint density at radius 2 is 2.53 bits per heavy atom. The van der Waals surface area contributed by atoms with Crippen LogP contribution in [0.15, 0.2) is 23.6 Å². The Hall–Kier alpha value is -0.800. The molecule has 3 heteroatoms. The molecule has 0 aliphatic heterocycles. The lowest BCUT2D eigenvalue weighted by Crippen LogP contribution is -2.27. The molecule has 2 nitrogen and oxygen atoms in total. The van der Waals surface area contributed by atoms with Crippen LogP contribution in [0.5, 0.6) is 5.75 Å². The van der Waals surface area contributed by atoms with Crippen LogP contribution in [0.2, 0.25) is 0 Å². The molecular weight excluding hydrogens is 206 g/mol. The Morgan fingerprint density at radius 1 is 1.60 bits per heavy atom. The average molecular weight is 223 g/mol. The van der Waals surface area contributed by atoms with E-state index in [1.54, 1.807) is 18.4 Å². The van der Waals surface area contributed by atoms with Crippen molar-refractivity contribution in [2.45, 2.75) is 31.8 Å². The first-order valence-electron chi connectivity index (χ1n) is 5.40. The number of thiophene rings is 1. The normalized spacial score (nSPS) is 20.5. The number of nitrogens with one attached hydrogen (secondary N) is 1. The summed E-state index contributed by atoms with van der Waals surface area (Å²) in [5, 5.41) is 5.62. The lowest BCUT2D eigenvalue weighted by Gasteiger charge is -2.17. The molecule has 0 saturated heterocycles. The van der Waals surface area contributed by atoms with Crippen LogP contribution in [0.25, 0.3) is 0 Å². The highest BCUT2D eigenvalue weighted by atomic mass is 32.1. The van der Waals surface area contributed by atoms with E-state index in [0.29, 0.717) is 6.04 Å². The van der Waals surface area contributed by atoms with Crippen molar-refractivity contribution in [1.82, 2.24) is 5.32 Å². The van der Waals surface area contributed by atoms with Crippen molar-refractivity contribution in [2.75, 3.05) is 7.11 Å². The van der Waals surface area contributed by atoms with E-state index < -0.39 is 0 Å². The van der Waals surface area contributed by atoms with E-state index in [4.69, 9.17) is 4.74 Å². The quantitative estimate of drug-likeness (QED) is 0.792.